The number of imidazole rings is 1. The quantitative estimate of drug-likeness (QED) is 0.334. The number of benzene rings is 2. The van der Waals surface area contributed by atoms with E-state index in [-0.39, 0.29) is 18.1 Å². The molecule has 1 saturated carbocycles. The average Bonchev–Trinajstić information content (AvgIpc) is 3.58. The summed E-state index contributed by atoms with van der Waals surface area (Å²) in [5.41, 5.74) is 3.97. The molecule has 39 heavy (non-hydrogen) atoms. The number of aromatic nitrogens is 5. The first kappa shape index (κ1) is 25.6. The number of hydrogen-bond acceptors (Lipinski definition) is 5. The molecule has 2 fully saturated rings. The molecule has 6 rings (SSSR count). The topological polar surface area (TPSA) is 78.1 Å². The Balaban J connectivity index is 1.53. The number of fused-ring (bicyclic) bond motifs is 1. The van der Waals surface area contributed by atoms with Crippen LogP contribution in [0.25, 0.3) is 22.3 Å². The zero-order valence-electron chi connectivity index (χ0n) is 22.6. The maximum Gasteiger partial charge on any atom is 0.227 e. The van der Waals surface area contributed by atoms with Gasteiger partial charge < -0.3 is 9.30 Å². The third-order valence-corrected chi connectivity index (χ3v) is 8.51. The Morgan fingerprint density at radius 2 is 1.82 bits per heavy atom. The van der Waals surface area contributed by atoms with Gasteiger partial charge in [-0.15, -0.1) is 5.10 Å². The summed E-state index contributed by atoms with van der Waals surface area (Å²) in [5.74, 6) is -1.30. The lowest BCUT2D eigenvalue weighted by Gasteiger charge is -2.38. The Hall–Kier alpha value is -3.66. The van der Waals surface area contributed by atoms with E-state index in [9.17, 15) is 13.6 Å². The lowest BCUT2D eigenvalue weighted by Crippen LogP contribution is -2.44. The summed E-state index contributed by atoms with van der Waals surface area (Å²) < 4.78 is 37.8. The van der Waals surface area contributed by atoms with Crippen molar-refractivity contribution in [3.8, 4) is 11.3 Å². The monoisotopic (exact) mass is 534 g/mol. The third-order valence-electron chi connectivity index (χ3n) is 8.51. The van der Waals surface area contributed by atoms with Gasteiger partial charge in [0.05, 0.1) is 28.5 Å². The molecule has 3 heterocycles. The molecular weight excluding hydrogens is 502 g/mol. The summed E-state index contributed by atoms with van der Waals surface area (Å²) in [7, 11) is 3.62. The van der Waals surface area contributed by atoms with Crippen molar-refractivity contribution in [3.63, 3.8) is 0 Å². The second kappa shape index (κ2) is 9.51. The van der Waals surface area contributed by atoms with Crippen LogP contribution in [-0.2, 0) is 22.1 Å². The SMILES string of the molecule is COC1CCC(n2c([C@@]3(C)CCC(=O)N3c3ccc(F)c(F)c3)nc3cc(-c4c(C)nnn4C)ccc32)CC1. The predicted molar refractivity (Wildman–Crippen MR) is 143 cm³/mol. The molecule has 0 radical (unpaired) electrons. The van der Waals surface area contributed by atoms with Gasteiger partial charge in [-0.1, -0.05) is 11.3 Å². The first-order valence-electron chi connectivity index (χ1n) is 13.4. The average molecular weight is 535 g/mol. The van der Waals surface area contributed by atoms with Gasteiger partial charge in [0.15, 0.2) is 11.6 Å². The van der Waals surface area contributed by atoms with Crippen LogP contribution >= 0.6 is 0 Å². The molecule has 0 spiro atoms. The summed E-state index contributed by atoms with van der Waals surface area (Å²) in [5, 5.41) is 8.35. The van der Waals surface area contributed by atoms with E-state index in [1.165, 1.54) is 6.07 Å². The number of ether oxygens (including phenoxy) is 1. The first-order chi connectivity index (χ1) is 18.7. The van der Waals surface area contributed by atoms with Crippen molar-refractivity contribution < 1.29 is 18.3 Å². The van der Waals surface area contributed by atoms with E-state index in [1.54, 1.807) is 16.7 Å². The maximum absolute atomic E-state index is 14.3. The Morgan fingerprint density at radius 3 is 2.49 bits per heavy atom. The molecule has 4 aromatic rings. The number of amides is 1. The van der Waals surface area contributed by atoms with Crippen molar-refractivity contribution in [3.05, 3.63) is 59.6 Å². The van der Waals surface area contributed by atoms with E-state index in [4.69, 9.17) is 9.72 Å². The van der Waals surface area contributed by atoms with Crippen LogP contribution in [0, 0.1) is 18.6 Å². The molecule has 2 aliphatic rings. The van der Waals surface area contributed by atoms with Gasteiger partial charge in [0, 0.05) is 43.9 Å². The van der Waals surface area contributed by atoms with Crippen LogP contribution in [0.3, 0.4) is 0 Å². The molecule has 2 aromatic heterocycles. The minimum atomic E-state index is -0.981. The molecule has 1 aliphatic heterocycles. The second-order valence-corrected chi connectivity index (χ2v) is 10.9. The number of anilines is 1. The van der Waals surface area contributed by atoms with Crippen LogP contribution in [0.5, 0.6) is 0 Å². The summed E-state index contributed by atoms with van der Waals surface area (Å²) in [6, 6.07) is 9.99. The molecule has 204 valence electrons. The fourth-order valence-corrected chi connectivity index (χ4v) is 6.50. The maximum atomic E-state index is 14.3. The highest BCUT2D eigenvalue weighted by atomic mass is 19.2. The number of aryl methyl sites for hydroxylation is 2. The summed E-state index contributed by atoms with van der Waals surface area (Å²) >= 11 is 0. The number of nitrogens with zero attached hydrogens (tertiary/aromatic N) is 6. The summed E-state index contributed by atoms with van der Waals surface area (Å²) in [4.78, 5) is 20.1. The fourth-order valence-electron chi connectivity index (χ4n) is 6.50. The number of methoxy groups -OCH3 is 1. The normalized spacial score (nSPS) is 23.7. The molecule has 8 nitrogen and oxygen atoms in total. The van der Waals surface area contributed by atoms with Gasteiger partial charge in [0.1, 0.15) is 11.4 Å². The van der Waals surface area contributed by atoms with Gasteiger partial charge in [-0.3, -0.25) is 9.69 Å². The van der Waals surface area contributed by atoms with Crippen molar-refractivity contribution in [1.82, 2.24) is 24.5 Å². The molecule has 0 unspecified atom stereocenters. The number of rotatable bonds is 5. The Labute approximate surface area is 225 Å². The van der Waals surface area contributed by atoms with Crippen molar-refractivity contribution in [2.45, 2.75) is 70.1 Å². The number of hydrogen-bond donors (Lipinski definition) is 0. The molecule has 1 aliphatic carbocycles. The Kier molecular flexibility index (Phi) is 6.25. The van der Waals surface area contributed by atoms with Gasteiger partial charge in [-0.05, 0) is 70.2 Å². The van der Waals surface area contributed by atoms with Crippen LogP contribution in [0.2, 0.25) is 0 Å². The zero-order chi connectivity index (χ0) is 27.5. The highest BCUT2D eigenvalue weighted by Crippen LogP contribution is 2.46. The minimum Gasteiger partial charge on any atom is -0.381 e. The number of carbonyl (C=O) groups excluding carboxylic acids is 1. The minimum absolute atomic E-state index is 0.137. The highest BCUT2D eigenvalue weighted by Gasteiger charge is 2.48. The van der Waals surface area contributed by atoms with E-state index in [1.807, 2.05) is 27.0 Å². The predicted octanol–water partition coefficient (Wildman–Crippen LogP) is 5.59. The van der Waals surface area contributed by atoms with E-state index in [0.29, 0.717) is 18.5 Å². The van der Waals surface area contributed by atoms with E-state index in [2.05, 4.69) is 27.0 Å². The van der Waals surface area contributed by atoms with Crippen molar-refractivity contribution in [2.75, 3.05) is 12.0 Å². The van der Waals surface area contributed by atoms with Gasteiger partial charge in [-0.2, -0.15) is 0 Å². The molecular formula is C29H32F2N6O2. The fraction of sp³-hybridized carbons (Fsp3) is 0.448. The van der Waals surface area contributed by atoms with Gasteiger partial charge in [0.25, 0.3) is 0 Å². The Bertz CT molecular complexity index is 1550. The van der Waals surface area contributed by atoms with Gasteiger partial charge in [0.2, 0.25) is 5.91 Å². The number of halogens is 2. The standard InChI is InChI=1S/C29H32F2N6O2/c1-17-27(35(3)34-33-17)18-5-12-25-24(15-18)32-28(36(25)19-6-9-21(39-4)10-7-19)29(2)14-13-26(38)37(29)20-8-11-22(30)23(31)16-20/h5,8,11-12,15-16,19,21H,6-7,9-10,13-14H2,1-4H3/t19?,21?,29-/m1/s1. The summed E-state index contributed by atoms with van der Waals surface area (Å²) in [6.45, 7) is 3.91. The second-order valence-electron chi connectivity index (χ2n) is 10.9. The van der Waals surface area contributed by atoms with Crippen molar-refractivity contribution in [1.29, 1.82) is 0 Å². The zero-order valence-corrected chi connectivity index (χ0v) is 22.6. The molecule has 2 aromatic carbocycles. The van der Waals surface area contributed by atoms with Crippen LogP contribution in [0.1, 0.15) is 63.0 Å². The molecule has 10 heteroatoms. The largest absolute Gasteiger partial charge is 0.381 e. The van der Waals surface area contributed by atoms with Gasteiger partial charge >= 0.3 is 0 Å². The van der Waals surface area contributed by atoms with Crippen LogP contribution in [0.15, 0.2) is 36.4 Å². The van der Waals surface area contributed by atoms with Crippen molar-refractivity contribution in [2.24, 2.45) is 7.05 Å². The third kappa shape index (κ3) is 4.12. The van der Waals surface area contributed by atoms with Crippen LogP contribution < -0.4 is 4.90 Å². The summed E-state index contributed by atoms with van der Waals surface area (Å²) in [6.07, 6.45) is 4.73. The molecule has 1 atom stereocenters. The molecule has 1 saturated heterocycles. The lowest BCUT2D eigenvalue weighted by atomic mass is 9.90. The van der Waals surface area contributed by atoms with E-state index >= 15 is 0 Å². The first-order valence-corrected chi connectivity index (χ1v) is 13.4. The molecule has 0 bridgehead atoms. The molecule has 0 N–H and O–H groups in total. The lowest BCUT2D eigenvalue weighted by molar-refractivity contribution is -0.117. The van der Waals surface area contributed by atoms with Crippen molar-refractivity contribution >= 4 is 22.6 Å². The molecule has 1 amide bonds. The Morgan fingerprint density at radius 1 is 1.05 bits per heavy atom. The van der Waals surface area contributed by atoms with E-state index < -0.39 is 17.2 Å². The van der Waals surface area contributed by atoms with Crippen LogP contribution in [0.4, 0.5) is 14.5 Å². The van der Waals surface area contributed by atoms with Crippen LogP contribution in [-0.4, -0.2) is 43.7 Å². The highest BCUT2D eigenvalue weighted by molar-refractivity contribution is 5.97. The number of carbonyl (C=O) groups is 1. The van der Waals surface area contributed by atoms with Gasteiger partial charge in [-0.25, -0.2) is 18.4 Å². The van der Waals surface area contributed by atoms with E-state index in [0.717, 1.165) is 71.6 Å². The smallest absolute Gasteiger partial charge is 0.227 e.